The van der Waals surface area contributed by atoms with Crippen LogP contribution < -0.4 is 0 Å². The summed E-state index contributed by atoms with van der Waals surface area (Å²) in [5.41, 5.74) is 2.65. The fourth-order valence-corrected chi connectivity index (χ4v) is 2.70. The van der Waals surface area contributed by atoms with Crippen LogP contribution in [-0.2, 0) is 6.54 Å². The third kappa shape index (κ3) is 3.36. The first kappa shape index (κ1) is 15.7. The lowest BCUT2D eigenvalue weighted by atomic mass is 10.2. The van der Waals surface area contributed by atoms with E-state index in [1.165, 1.54) is 4.80 Å². The van der Waals surface area contributed by atoms with Gasteiger partial charge >= 0.3 is 0 Å². The molecule has 2 aromatic heterocycles. The average molecular weight is 396 g/mol. The maximum atomic E-state index is 5.77. The van der Waals surface area contributed by atoms with Gasteiger partial charge in [0.25, 0.3) is 0 Å². The summed E-state index contributed by atoms with van der Waals surface area (Å²) in [6.45, 7) is 2.30. The molecular formula is C18H14BrN5O. The minimum absolute atomic E-state index is 0.408. The molecule has 124 valence electrons. The first-order chi connectivity index (χ1) is 12.2. The minimum Gasteiger partial charge on any atom is -0.441 e. The van der Waals surface area contributed by atoms with E-state index >= 15 is 0 Å². The second-order valence-corrected chi connectivity index (χ2v) is 6.45. The Morgan fingerprint density at radius 1 is 1.00 bits per heavy atom. The summed E-state index contributed by atoms with van der Waals surface area (Å²) in [4.78, 5) is 6.09. The molecule has 25 heavy (non-hydrogen) atoms. The molecule has 4 rings (SSSR count). The van der Waals surface area contributed by atoms with Crippen molar-refractivity contribution in [2.75, 3.05) is 0 Å². The molecule has 2 heterocycles. The molecule has 0 atom stereocenters. The van der Waals surface area contributed by atoms with Crippen molar-refractivity contribution in [1.82, 2.24) is 25.2 Å². The van der Waals surface area contributed by atoms with Gasteiger partial charge in [0.1, 0.15) is 18.0 Å². The van der Waals surface area contributed by atoms with Crippen molar-refractivity contribution in [2.24, 2.45) is 0 Å². The largest absolute Gasteiger partial charge is 0.441 e. The molecule has 0 radical (unpaired) electrons. The molecule has 0 amide bonds. The lowest BCUT2D eigenvalue weighted by molar-refractivity contribution is 0.525. The number of rotatable bonds is 4. The van der Waals surface area contributed by atoms with Gasteiger partial charge in [0.05, 0.1) is 0 Å². The zero-order valence-electron chi connectivity index (χ0n) is 13.4. The van der Waals surface area contributed by atoms with Gasteiger partial charge in [-0.3, -0.25) is 0 Å². The number of oxazole rings is 1. The van der Waals surface area contributed by atoms with Crippen molar-refractivity contribution in [2.45, 2.75) is 13.5 Å². The summed E-state index contributed by atoms with van der Waals surface area (Å²) in [7, 11) is 0. The van der Waals surface area contributed by atoms with Crippen LogP contribution in [0, 0.1) is 6.92 Å². The number of aryl methyl sites for hydroxylation is 1. The van der Waals surface area contributed by atoms with Gasteiger partial charge in [0.15, 0.2) is 0 Å². The lowest BCUT2D eigenvalue weighted by Crippen LogP contribution is -2.05. The van der Waals surface area contributed by atoms with Crippen LogP contribution in [0.1, 0.15) is 11.5 Å². The molecule has 0 spiro atoms. The van der Waals surface area contributed by atoms with E-state index in [0.717, 1.165) is 27.1 Å². The van der Waals surface area contributed by atoms with Gasteiger partial charge < -0.3 is 4.42 Å². The molecule has 6 nitrogen and oxygen atoms in total. The summed E-state index contributed by atoms with van der Waals surface area (Å²) < 4.78 is 6.78. The number of halogens is 1. The number of benzene rings is 2. The summed E-state index contributed by atoms with van der Waals surface area (Å²) in [6.07, 6.45) is 0. The standard InChI is InChI=1S/C18H14BrN5O/c1-12-16(20-18(25-12)14-5-3-2-4-6-14)11-24-22-17(21-23-24)13-7-9-15(19)10-8-13/h2-10H,11H2,1H3. The normalized spacial score (nSPS) is 11.0. The fourth-order valence-electron chi connectivity index (χ4n) is 2.44. The van der Waals surface area contributed by atoms with E-state index in [-0.39, 0.29) is 0 Å². The molecule has 0 unspecified atom stereocenters. The van der Waals surface area contributed by atoms with E-state index in [1.54, 1.807) is 0 Å². The molecule has 0 N–H and O–H groups in total. The van der Waals surface area contributed by atoms with Crippen LogP contribution in [0.15, 0.2) is 63.5 Å². The van der Waals surface area contributed by atoms with Crippen LogP contribution in [0.3, 0.4) is 0 Å². The monoisotopic (exact) mass is 395 g/mol. The molecule has 4 aromatic rings. The van der Waals surface area contributed by atoms with E-state index in [0.29, 0.717) is 18.3 Å². The van der Waals surface area contributed by atoms with E-state index in [4.69, 9.17) is 4.42 Å². The number of aromatic nitrogens is 5. The van der Waals surface area contributed by atoms with Crippen LogP contribution in [0.2, 0.25) is 0 Å². The van der Waals surface area contributed by atoms with Crippen molar-refractivity contribution in [1.29, 1.82) is 0 Å². The zero-order valence-corrected chi connectivity index (χ0v) is 15.0. The average Bonchev–Trinajstić information content (AvgIpc) is 3.24. The van der Waals surface area contributed by atoms with E-state index in [1.807, 2.05) is 61.5 Å². The molecule has 0 fully saturated rings. The SMILES string of the molecule is Cc1oc(-c2ccccc2)nc1Cn1nnc(-c2ccc(Br)cc2)n1. The summed E-state index contributed by atoms with van der Waals surface area (Å²) in [6, 6.07) is 17.6. The van der Waals surface area contributed by atoms with Gasteiger partial charge in [-0.2, -0.15) is 4.80 Å². The number of tetrazole rings is 1. The lowest BCUT2D eigenvalue weighted by Gasteiger charge is -1.96. The Kier molecular flexibility index (Phi) is 4.15. The predicted molar refractivity (Wildman–Crippen MR) is 96.7 cm³/mol. The van der Waals surface area contributed by atoms with Crippen molar-refractivity contribution < 1.29 is 4.42 Å². The van der Waals surface area contributed by atoms with Gasteiger partial charge in [-0.15, -0.1) is 10.2 Å². The maximum absolute atomic E-state index is 5.77. The predicted octanol–water partition coefficient (Wildman–Crippen LogP) is 4.11. The van der Waals surface area contributed by atoms with Crippen LogP contribution in [0.25, 0.3) is 22.8 Å². The molecule has 2 aromatic carbocycles. The van der Waals surface area contributed by atoms with E-state index < -0.39 is 0 Å². The second-order valence-electron chi connectivity index (χ2n) is 5.54. The molecule has 0 aliphatic carbocycles. The number of hydrogen-bond acceptors (Lipinski definition) is 5. The third-order valence-corrected chi connectivity index (χ3v) is 4.29. The van der Waals surface area contributed by atoms with Crippen LogP contribution in [0.5, 0.6) is 0 Å². The van der Waals surface area contributed by atoms with Gasteiger partial charge in [-0.1, -0.05) is 34.1 Å². The van der Waals surface area contributed by atoms with Gasteiger partial charge in [0.2, 0.25) is 11.7 Å². The summed E-state index contributed by atoms with van der Waals surface area (Å²) in [5.74, 6) is 1.93. The Balaban J connectivity index is 1.57. The topological polar surface area (TPSA) is 69.6 Å². The van der Waals surface area contributed by atoms with E-state index in [2.05, 4.69) is 36.3 Å². The molecule has 0 bridgehead atoms. The zero-order chi connectivity index (χ0) is 17.2. The molecule has 0 aliphatic heterocycles. The Bertz CT molecular complexity index is 992. The maximum Gasteiger partial charge on any atom is 0.226 e. The first-order valence-corrected chi connectivity index (χ1v) is 8.54. The van der Waals surface area contributed by atoms with Gasteiger partial charge in [-0.05, 0) is 48.5 Å². The van der Waals surface area contributed by atoms with Crippen molar-refractivity contribution in [3.05, 3.63) is 70.5 Å². The van der Waals surface area contributed by atoms with Crippen molar-refractivity contribution in [3.63, 3.8) is 0 Å². The smallest absolute Gasteiger partial charge is 0.226 e. The highest BCUT2D eigenvalue weighted by molar-refractivity contribution is 9.10. The molecule has 7 heteroatoms. The van der Waals surface area contributed by atoms with Crippen LogP contribution >= 0.6 is 15.9 Å². The first-order valence-electron chi connectivity index (χ1n) is 7.74. The Morgan fingerprint density at radius 3 is 2.52 bits per heavy atom. The summed E-state index contributed by atoms with van der Waals surface area (Å²) in [5, 5.41) is 12.7. The number of hydrogen-bond donors (Lipinski definition) is 0. The van der Waals surface area contributed by atoms with Gasteiger partial charge in [0, 0.05) is 15.6 Å². The highest BCUT2D eigenvalue weighted by atomic mass is 79.9. The molecular weight excluding hydrogens is 382 g/mol. The quantitative estimate of drug-likeness (QED) is 0.519. The van der Waals surface area contributed by atoms with Crippen molar-refractivity contribution in [3.8, 4) is 22.8 Å². The highest BCUT2D eigenvalue weighted by Gasteiger charge is 2.14. The van der Waals surface area contributed by atoms with Crippen molar-refractivity contribution >= 4 is 15.9 Å². The van der Waals surface area contributed by atoms with Crippen LogP contribution in [-0.4, -0.2) is 25.2 Å². The molecule has 0 saturated carbocycles. The molecule has 0 saturated heterocycles. The minimum atomic E-state index is 0.408. The number of nitrogens with zero attached hydrogens (tertiary/aromatic N) is 5. The highest BCUT2D eigenvalue weighted by Crippen LogP contribution is 2.22. The fraction of sp³-hybridized carbons (Fsp3) is 0.111. The molecule has 0 aliphatic rings. The Labute approximate surface area is 152 Å². The Morgan fingerprint density at radius 2 is 1.76 bits per heavy atom. The Hall–Kier alpha value is -2.80. The summed E-state index contributed by atoms with van der Waals surface area (Å²) >= 11 is 3.42. The van der Waals surface area contributed by atoms with Crippen LogP contribution in [0.4, 0.5) is 0 Å². The van der Waals surface area contributed by atoms with E-state index in [9.17, 15) is 0 Å². The second kappa shape index (κ2) is 6.60. The third-order valence-electron chi connectivity index (χ3n) is 3.76. The van der Waals surface area contributed by atoms with Gasteiger partial charge in [-0.25, -0.2) is 4.98 Å².